The third-order valence-corrected chi connectivity index (χ3v) is 4.98. The van der Waals surface area contributed by atoms with Gasteiger partial charge in [-0.3, -0.25) is 4.79 Å². The number of phenols is 1. The number of carbonyl (C=O) groups excluding carboxylic acids is 1. The minimum atomic E-state index is -0.664. The van der Waals surface area contributed by atoms with Crippen molar-refractivity contribution >= 4 is 28.4 Å². The van der Waals surface area contributed by atoms with E-state index in [2.05, 4.69) is 20.3 Å². The molecule has 1 aromatic carbocycles. The van der Waals surface area contributed by atoms with Crippen molar-refractivity contribution in [2.45, 2.75) is 6.42 Å². The maximum atomic E-state index is 13.1. The van der Waals surface area contributed by atoms with Crippen molar-refractivity contribution in [1.82, 2.24) is 20.3 Å². The van der Waals surface area contributed by atoms with E-state index in [4.69, 9.17) is 0 Å². The molecule has 4 rings (SSSR count). The number of phenolic OH excluding ortho intramolecular Hbond substituents is 1. The van der Waals surface area contributed by atoms with E-state index in [1.54, 1.807) is 29.7 Å². The number of carbonyl (C=O) groups is 1. The Morgan fingerprint density at radius 3 is 2.96 bits per heavy atom. The van der Waals surface area contributed by atoms with Gasteiger partial charge in [0.15, 0.2) is 23.0 Å². The molecule has 136 valence electrons. The molecule has 0 atom stereocenters. The number of nitrogens with one attached hydrogen (secondary N) is 2. The average Bonchev–Trinajstić information content (AvgIpc) is 3.33. The Hall–Kier alpha value is -3.26. The standard InChI is InChI=1S/C19H15FN4O2S/c20-13-4-3-11(10-14(13)25)5-7-22-19(26)12-6-8-21-18-16(12)23-17(24-18)15-2-1-9-27-15/h1-4,6,8-10,25H,5,7H2,(H,22,26)(H,21,23,24). The number of hydrogen-bond donors (Lipinski definition) is 3. The van der Waals surface area contributed by atoms with Crippen LogP contribution in [0.1, 0.15) is 15.9 Å². The molecule has 1 amide bonds. The zero-order valence-electron chi connectivity index (χ0n) is 14.1. The van der Waals surface area contributed by atoms with Crippen LogP contribution < -0.4 is 5.32 Å². The normalized spacial score (nSPS) is 11.0. The van der Waals surface area contributed by atoms with Gasteiger partial charge in [-0.25, -0.2) is 14.4 Å². The van der Waals surface area contributed by atoms with Gasteiger partial charge >= 0.3 is 0 Å². The molecule has 0 bridgehead atoms. The molecule has 0 saturated carbocycles. The predicted octanol–water partition coefficient (Wildman–Crippen LogP) is 3.50. The van der Waals surface area contributed by atoms with Gasteiger partial charge in [-0.05, 0) is 41.6 Å². The van der Waals surface area contributed by atoms with E-state index in [-0.39, 0.29) is 5.91 Å². The second kappa shape index (κ2) is 7.16. The number of amides is 1. The number of aromatic nitrogens is 3. The van der Waals surface area contributed by atoms with Gasteiger partial charge in [0.25, 0.3) is 5.91 Å². The number of halogens is 1. The summed E-state index contributed by atoms with van der Waals surface area (Å²) in [6, 6.07) is 9.65. The highest BCUT2D eigenvalue weighted by atomic mass is 32.1. The average molecular weight is 382 g/mol. The van der Waals surface area contributed by atoms with Crippen molar-refractivity contribution in [3.63, 3.8) is 0 Å². The molecule has 3 aromatic heterocycles. The second-order valence-electron chi connectivity index (χ2n) is 5.91. The lowest BCUT2D eigenvalue weighted by Gasteiger charge is -2.06. The summed E-state index contributed by atoms with van der Waals surface area (Å²) in [7, 11) is 0. The van der Waals surface area contributed by atoms with E-state index in [9.17, 15) is 14.3 Å². The maximum absolute atomic E-state index is 13.1. The Balaban J connectivity index is 1.49. The molecule has 27 heavy (non-hydrogen) atoms. The van der Waals surface area contributed by atoms with E-state index in [0.717, 1.165) is 10.4 Å². The number of aromatic hydroxyl groups is 1. The fourth-order valence-electron chi connectivity index (χ4n) is 2.76. The third kappa shape index (κ3) is 3.52. The first-order chi connectivity index (χ1) is 13.1. The second-order valence-corrected chi connectivity index (χ2v) is 6.86. The number of benzene rings is 1. The molecule has 0 unspecified atom stereocenters. The van der Waals surface area contributed by atoms with E-state index >= 15 is 0 Å². The highest BCUT2D eigenvalue weighted by Gasteiger charge is 2.15. The minimum Gasteiger partial charge on any atom is -0.505 e. The summed E-state index contributed by atoms with van der Waals surface area (Å²) in [5.41, 5.74) is 2.25. The number of H-pyrrole nitrogens is 1. The smallest absolute Gasteiger partial charge is 0.253 e. The molecule has 8 heteroatoms. The summed E-state index contributed by atoms with van der Waals surface area (Å²) in [5, 5.41) is 14.2. The fourth-order valence-corrected chi connectivity index (χ4v) is 3.43. The Kier molecular flexibility index (Phi) is 4.55. The van der Waals surface area contributed by atoms with E-state index in [1.807, 2.05) is 17.5 Å². The molecule has 0 radical (unpaired) electrons. The SMILES string of the molecule is O=C(NCCc1ccc(F)c(O)c1)c1ccnc2nc(-c3cccs3)[nH]c12. The summed E-state index contributed by atoms with van der Waals surface area (Å²) < 4.78 is 13.1. The van der Waals surface area contributed by atoms with E-state index in [0.29, 0.717) is 35.5 Å². The number of thiophene rings is 1. The van der Waals surface area contributed by atoms with Gasteiger partial charge < -0.3 is 15.4 Å². The van der Waals surface area contributed by atoms with Crippen molar-refractivity contribution in [3.05, 3.63) is 64.9 Å². The summed E-state index contributed by atoms with van der Waals surface area (Å²) in [6.45, 7) is 0.347. The van der Waals surface area contributed by atoms with E-state index < -0.39 is 11.6 Å². The van der Waals surface area contributed by atoms with Crippen LogP contribution in [0.5, 0.6) is 5.75 Å². The molecular weight excluding hydrogens is 367 g/mol. The first-order valence-corrected chi connectivity index (χ1v) is 9.14. The van der Waals surface area contributed by atoms with Crippen molar-refractivity contribution in [2.75, 3.05) is 6.54 Å². The van der Waals surface area contributed by atoms with Gasteiger partial charge in [-0.2, -0.15) is 0 Å². The zero-order chi connectivity index (χ0) is 18.8. The number of hydrogen-bond acceptors (Lipinski definition) is 5. The number of aromatic amines is 1. The van der Waals surface area contributed by atoms with Crippen LogP contribution in [0, 0.1) is 5.82 Å². The molecule has 0 aliphatic rings. The lowest BCUT2D eigenvalue weighted by Crippen LogP contribution is -2.26. The quantitative estimate of drug-likeness (QED) is 0.493. The van der Waals surface area contributed by atoms with Crippen LogP contribution in [0.2, 0.25) is 0 Å². The van der Waals surface area contributed by atoms with Gasteiger partial charge in [0.2, 0.25) is 0 Å². The summed E-state index contributed by atoms with van der Waals surface area (Å²) in [6.07, 6.45) is 2.02. The minimum absolute atomic E-state index is 0.255. The Labute approximate surface area is 157 Å². The summed E-state index contributed by atoms with van der Waals surface area (Å²) >= 11 is 1.55. The van der Waals surface area contributed by atoms with Gasteiger partial charge in [0, 0.05) is 12.7 Å². The number of imidazole rings is 1. The number of pyridine rings is 1. The van der Waals surface area contributed by atoms with Gasteiger partial charge in [0.1, 0.15) is 0 Å². The molecule has 0 aliphatic carbocycles. The van der Waals surface area contributed by atoms with Crippen LogP contribution in [-0.2, 0) is 6.42 Å². The van der Waals surface area contributed by atoms with Gasteiger partial charge in [-0.15, -0.1) is 11.3 Å². The lowest BCUT2D eigenvalue weighted by atomic mass is 10.1. The van der Waals surface area contributed by atoms with E-state index in [1.165, 1.54) is 12.1 Å². The van der Waals surface area contributed by atoms with Crippen LogP contribution in [0.4, 0.5) is 4.39 Å². The molecule has 3 heterocycles. The highest BCUT2D eigenvalue weighted by Crippen LogP contribution is 2.25. The van der Waals surface area contributed by atoms with Crippen LogP contribution in [0.3, 0.4) is 0 Å². The van der Waals surface area contributed by atoms with Crippen molar-refractivity contribution in [3.8, 4) is 16.5 Å². The molecule has 6 nitrogen and oxygen atoms in total. The zero-order valence-corrected chi connectivity index (χ0v) is 14.9. The van der Waals surface area contributed by atoms with Crippen LogP contribution in [-0.4, -0.2) is 32.5 Å². The fraction of sp³-hybridized carbons (Fsp3) is 0.105. The monoisotopic (exact) mass is 382 g/mol. The lowest BCUT2D eigenvalue weighted by molar-refractivity contribution is 0.0955. The summed E-state index contributed by atoms with van der Waals surface area (Å²) in [4.78, 5) is 25.4. The molecule has 0 spiro atoms. The molecule has 0 saturated heterocycles. The topological polar surface area (TPSA) is 90.9 Å². The molecule has 3 N–H and O–H groups in total. The van der Waals surface area contributed by atoms with Crippen LogP contribution >= 0.6 is 11.3 Å². The maximum Gasteiger partial charge on any atom is 0.253 e. The van der Waals surface area contributed by atoms with Gasteiger partial charge in [-0.1, -0.05) is 12.1 Å². The van der Waals surface area contributed by atoms with Crippen LogP contribution in [0.25, 0.3) is 21.9 Å². The van der Waals surface area contributed by atoms with Crippen molar-refractivity contribution < 1.29 is 14.3 Å². The first-order valence-electron chi connectivity index (χ1n) is 8.26. The predicted molar refractivity (Wildman–Crippen MR) is 101 cm³/mol. The Morgan fingerprint density at radius 2 is 2.19 bits per heavy atom. The number of fused-ring (bicyclic) bond motifs is 1. The molecule has 0 fully saturated rings. The first kappa shape index (κ1) is 17.2. The highest BCUT2D eigenvalue weighted by molar-refractivity contribution is 7.13. The Morgan fingerprint density at radius 1 is 1.30 bits per heavy atom. The summed E-state index contributed by atoms with van der Waals surface area (Å²) in [5.74, 6) is -0.638. The number of nitrogens with zero attached hydrogens (tertiary/aromatic N) is 2. The number of rotatable bonds is 5. The Bertz CT molecular complexity index is 1110. The molecule has 4 aromatic rings. The largest absolute Gasteiger partial charge is 0.505 e. The molecular formula is C19H15FN4O2S. The van der Waals surface area contributed by atoms with Crippen molar-refractivity contribution in [1.29, 1.82) is 0 Å². The molecule has 0 aliphatic heterocycles. The third-order valence-electron chi connectivity index (χ3n) is 4.10. The van der Waals surface area contributed by atoms with Gasteiger partial charge in [0.05, 0.1) is 16.0 Å². The van der Waals surface area contributed by atoms with Crippen LogP contribution in [0.15, 0.2) is 48.0 Å². The van der Waals surface area contributed by atoms with Crippen molar-refractivity contribution in [2.24, 2.45) is 0 Å².